The Kier molecular flexibility index (Phi) is 5.36. The fourth-order valence-electron chi connectivity index (χ4n) is 2.28. The lowest BCUT2D eigenvalue weighted by atomic mass is 9.87. The van der Waals surface area contributed by atoms with Crippen LogP contribution >= 0.6 is 0 Å². The molecule has 2 aliphatic rings. The number of carbonyl (C=O) groups is 1. The van der Waals surface area contributed by atoms with E-state index in [9.17, 15) is 13.2 Å². The van der Waals surface area contributed by atoms with Crippen LogP contribution in [0.2, 0.25) is 0 Å². The number of ether oxygens (including phenoxy) is 3. The highest BCUT2D eigenvalue weighted by Crippen LogP contribution is 2.28. The molecule has 0 amide bonds. The maximum Gasteiger partial charge on any atom is 0.309 e. The van der Waals surface area contributed by atoms with Gasteiger partial charge in [0.1, 0.15) is 18.5 Å². The lowest BCUT2D eigenvalue weighted by molar-refractivity contribution is -0.151. The highest BCUT2D eigenvalue weighted by atomic mass is 32.2. The second-order valence-electron chi connectivity index (χ2n) is 5.23. The molecule has 1 aliphatic heterocycles. The Bertz CT molecular complexity index is 429. The van der Waals surface area contributed by atoms with E-state index in [4.69, 9.17) is 18.8 Å². The zero-order chi connectivity index (χ0) is 14.6. The standard InChI is InChI=1S/C12H20O7S/c13-12(17-4-5-20(14,15)16)9-2-1-3-10(6-9)18-7-11-8-19-11/h9-11H,1-8H2,(H,14,15,16). The summed E-state index contributed by atoms with van der Waals surface area (Å²) in [4.78, 5) is 11.8. The molecular formula is C12H20O7S. The molecule has 1 saturated heterocycles. The van der Waals surface area contributed by atoms with Gasteiger partial charge in [-0.25, -0.2) is 0 Å². The first-order chi connectivity index (χ1) is 9.44. The van der Waals surface area contributed by atoms with Crippen LogP contribution in [0.3, 0.4) is 0 Å². The van der Waals surface area contributed by atoms with E-state index < -0.39 is 21.8 Å². The second kappa shape index (κ2) is 6.84. The number of epoxide rings is 1. The van der Waals surface area contributed by atoms with E-state index in [2.05, 4.69) is 0 Å². The van der Waals surface area contributed by atoms with Gasteiger partial charge in [-0.2, -0.15) is 8.42 Å². The largest absolute Gasteiger partial charge is 0.464 e. The predicted octanol–water partition coefficient (Wildman–Crippen LogP) is 0.392. The zero-order valence-corrected chi connectivity index (χ0v) is 12.0. The topological polar surface area (TPSA) is 102 Å². The van der Waals surface area contributed by atoms with Crippen LogP contribution in [-0.2, 0) is 29.1 Å². The second-order valence-corrected chi connectivity index (χ2v) is 6.80. The molecule has 1 aliphatic carbocycles. The van der Waals surface area contributed by atoms with Gasteiger partial charge in [0.25, 0.3) is 10.1 Å². The predicted molar refractivity (Wildman–Crippen MR) is 68.8 cm³/mol. The molecule has 8 heteroatoms. The fraction of sp³-hybridized carbons (Fsp3) is 0.917. The lowest BCUT2D eigenvalue weighted by Crippen LogP contribution is -2.30. The Morgan fingerprint density at radius 1 is 1.35 bits per heavy atom. The molecule has 0 aromatic carbocycles. The molecule has 2 rings (SSSR count). The van der Waals surface area contributed by atoms with Gasteiger partial charge in [0.05, 0.1) is 25.2 Å². The molecule has 3 unspecified atom stereocenters. The summed E-state index contributed by atoms with van der Waals surface area (Å²) in [5, 5.41) is 0. The van der Waals surface area contributed by atoms with Crippen LogP contribution < -0.4 is 0 Å². The number of carbonyl (C=O) groups excluding carboxylic acids is 1. The van der Waals surface area contributed by atoms with Crippen molar-refractivity contribution in [3.05, 3.63) is 0 Å². The molecule has 1 heterocycles. The van der Waals surface area contributed by atoms with Gasteiger partial charge >= 0.3 is 5.97 Å². The van der Waals surface area contributed by atoms with E-state index >= 15 is 0 Å². The summed E-state index contributed by atoms with van der Waals surface area (Å²) in [5.74, 6) is -1.23. The van der Waals surface area contributed by atoms with E-state index in [1.54, 1.807) is 0 Å². The number of esters is 1. The Morgan fingerprint density at radius 3 is 2.75 bits per heavy atom. The average molecular weight is 308 g/mol. The molecule has 3 atom stereocenters. The normalized spacial score (nSPS) is 29.9. The molecule has 1 saturated carbocycles. The van der Waals surface area contributed by atoms with Gasteiger partial charge in [0, 0.05) is 0 Å². The summed E-state index contributed by atoms with van der Waals surface area (Å²) in [6, 6.07) is 0. The van der Waals surface area contributed by atoms with E-state index in [0.29, 0.717) is 13.0 Å². The summed E-state index contributed by atoms with van der Waals surface area (Å²) in [6.07, 6.45) is 3.36. The Morgan fingerprint density at radius 2 is 2.10 bits per heavy atom. The molecule has 2 fully saturated rings. The van der Waals surface area contributed by atoms with Gasteiger partial charge < -0.3 is 14.2 Å². The van der Waals surface area contributed by atoms with Crippen molar-refractivity contribution in [3.63, 3.8) is 0 Å². The van der Waals surface area contributed by atoms with Gasteiger partial charge in [-0.3, -0.25) is 9.35 Å². The third kappa shape index (κ3) is 5.74. The lowest BCUT2D eigenvalue weighted by Gasteiger charge is -2.27. The minimum atomic E-state index is -4.09. The van der Waals surface area contributed by atoms with E-state index in [-0.39, 0.29) is 24.7 Å². The minimum Gasteiger partial charge on any atom is -0.464 e. The van der Waals surface area contributed by atoms with Crippen LogP contribution in [-0.4, -0.2) is 56.7 Å². The summed E-state index contributed by atoms with van der Waals surface area (Å²) in [5.41, 5.74) is 0. The summed E-state index contributed by atoms with van der Waals surface area (Å²) in [6.45, 7) is 0.999. The van der Waals surface area contributed by atoms with E-state index in [1.165, 1.54) is 0 Å². The maximum atomic E-state index is 11.8. The van der Waals surface area contributed by atoms with Crippen LogP contribution in [0.1, 0.15) is 25.7 Å². The van der Waals surface area contributed by atoms with Gasteiger partial charge in [0.2, 0.25) is 0 Å². The van der Waals surface area contributed by atoms with Crippen LogP contribution in [0.5, 0.6) is 0 Å². The SMILES string of the molecule is O=C(OCCS(=O)(=O)O)C1CCCC(OCC2CO2)C1. The maximum absolute atomic E-state index is 11.8. The zero-order valence-electron chi connectivity index (χ0n) is 11.2. The first-order valence-corrected chi connectivity index (χ1v) is 8.40. The van der Waals surface area contributed by atoms with Crippen molar-refractivity contribution in [3.8, 4) is 0 Å². The highest BCUT2D eigenvalue weighted by Gasteiger charge is 2.31. The Balaban J connectivity index is 1.68. The molecule has 7 nitrogen and oxygen atoms in total. The van der Waals surface area contributed by atoms with Crippen molar-refractivity contribution < 1.29 is 32.0 Å². The van der Waals surface area contributed by atoms with Crippen molar-refractivity contribution in [1.82, 2.24) is 0 Å². The molecule has 116 valence electrons. The number of hydrogen-bond donors (Lipinski definition) is 1. The summed E-state index contributed by atoms with van der Waals surface area (Å²) in [7, 11) is -4.09. The molecule has 0 aromatic rings. The summed E-state index contributed by atoms with van der Waals surface area (Å²) < 4.78 is 45.2. The molecule has 1 N–H and O–H groups in total. The molecule has 20 heavy (non-hydrogen) atoms. The summed E-state index contributed by atoms with van der Waals surface area (Å²) >= 11 is 0. The van der Waals surface area contributed by atoms with Crippen molar-refractivity contribution in [2.45, 2.75) is 37.9 Å². The van der Waals surface area contributed by atoms with Crippen LogP contribution in [0.25, 0.3) is 0 Å². The molecule has 0 bridgehead atoms. The average Bonchev–Trinajstić information content (AvgIpc) is 3.19. The Labute approximate surface area is 118 Å². The van der Waals surface area contributed by atoms with Crippen LogP contribution in [0.4, 0.5) is 0 Å². The van der Waals surface area contributed by atoms with Gasteiger partial charge in [-0.1, -0.05) is 6.42 Å². The molecule has 0 radical (unpaired) electrons. The molecular weight excluding hydrogens is 288 g/mol. The van der Waals surface area contributed by atoms with Crippen LogP contribution in [0.15, 0.2) is 0 Å². The Hall–Kier alpha value is -0.700. The van der Waals surface area contributed by atoms with Crippen molar-refractivity contribution in [2.75, 3.05) is 25.6 Å². The van der Waals surface area contributed by atoms with Crippen molar-refractivity contribution in [2.24, 2.45) is 5.92 Å². The van der Waals surface area contributed by atoms with Crippen molar-refractivity contribution >= 4 is 16.1 Å². The van der Waals surface area contributed by atoms with E-state index in [1.807, 2.05) is 0 Å². The fourth-order valence-corrected chi connectivity index (χ4v) is 2.58. The number of rotatable bonds is 7. The van der Waals surface area contributed by atoms with E-state index in [0.717, 1.165) is 25.9 Å². The molecule has 0 spiro atoms. The molecule has 0 aromatic heterocycles. The first kappa shape index (κ1) is 15.7. The number of hydrogen-bond acceptors (Lipinski definition) is 6. The van der Waals surface area contributed by atoms with Crippen molar-refractivity contribution in [1.29, 1.82) is 0 Å². The van der Waals surface area contributed by atoms with Gasteiger partial charge in [-0.05, 0) is 19.3 Å². The smallest absolute Gasteiger partial charge is 0.309 e. The first-order valence-electron chi connectivity index (χ1n) is 6.79. The quantitative estimate of drug-likeness (QED) is 0.412. The third-order valence-corrected chi connectivity index (χ3v) is 4.15. The van der Waals surface area contributed by atoms with Crippen LogP contribution in [0, 0.1) is 5.92 Å². The van der Waals surface area contributed by atoms with Gasteiger partial charge in [-0.15, -0.1) is 0 Å². The minimum absolute atomic E-state index is 0.0343. The van der Waals surface area contributed by atoms with Gasteiger partial charge in [0.15, 0.2) is 0 Å². The highest BCUT2D eigenvalue weighted by molar-refractivity contribution is 7.85. The third-order valence-electron chi connectivity index (χ3n) is 3.47. The monoisotopic (exact) mass is 308 g/mol.